The fourth-order valence-electron chi connectivity index (χ4n) is 3.61. The second-order valence-electron chi connectivity index (χ2n) is 7.27. The maximum atomic E-state index is 5.70. The van der Waals surface area contributed by atoms with Gasteiger partial charge in [0.25, 0.3) is 0 Å². The van der Waals surface area contributed by atoms with E-state index >= 15 is 0 Å². The molecule has 0 saturated heterocycles. The van der Waals surface area contributed by atoms with Crippen molar-refractivity contribution >= 4 is 5.71 Å². The summed E-state index contributed by atoms with van der Waals surface area (Å²) >= 11 is 0. The van der Waals surface area contributed by atoms with E-state index in [2.05, 4.69) is 16.6 Å². The Morgan fingerprint density at radius 1 is 0.917 bits per heavy atom. The third-order valence-corrected chi connectivity index (χ3v) is 5.11. The minimum absolute atomic E-state index is 0.728. The van der Waals surface area contributed by atoms with Crippen molar-refractivity contribution < 1.29 is 0 Å². The zero-order chi connectivity index (χ0) is 16.9. The topological polar surface area (TPSA) is 53.6 Å². The van der Waals surface area contributed by atoms with Gasteiger partial charge in [-0.2, -0.15) is 5.10 Å². The molecular formula is C20H38N4. The summed E-state index contributed by atoms with van der Waals surface area (Å²) in [7, 11) is 0. The second-order valence-corrected chi connectivity index (χ2v) is 7.27. The molecule has 0 aromatic heterocycles. The average molecular weight is 335 g/mol. The molecule has 4 nitrogen and oxygen atoms in total. The number of allylic oxidation sites excluding steroid dienone is 2. The molecule has 0 unspecified atom stereocenters. The van der Waals surface area contributed by atoms with Crippen LogP contribution in [0.1, 0.15) is 89.9 Å². The number of hydrazine groups is 1. The van der Waals surface area contributed by atoms with Crippen molar-refractivity contribution in [2.24, 2.45) is 10.8 Å². The van der Waals surface area contributed by atoms with Gasteiger partial charge in [-0.1, -0.05) is 44.6 Å². The Balaban J connectivity index is 2.10. The van der Waals surface area contributed by atoms with Crippen LogP contribution < -0.4 is 11.2 Å². The Labute approximate surface area is 148 Å². The van der Waals surface area contributed by atoms with Crippen LogP contribution in [0.25, 0.3) is 0 Å². The van der Waals surface area contributed by atoms with E-state index < -0.39 is 0 Å². The summed E-state index contributed by atoms with van der Waals surface area (Å²) in [5, 5.41) is 7.12. The molecule has 0 fully saturated rings. The van der Waals surface area contributed by atoms with Gasteiger partial charge in [0, 0.05) is 6.54 Å². The van der Waals surface area contributed by atoms with Crippen molar-refractivity contribution in [2.75, 3.05) is 19.6 Å². The molecule has 1 aliphatic carbocycles. The van der Waals surface area contributed by atoms with Gasteiger partial charge in [0.05, 0.1) is 12.3 Å². The van der Waals surface area contributed by atoms with Crippen molar-refractivity contribution in [1.29, 1.82) is 0 Å². The van der Waals surface area contributed by atoms with Gasteiger partial charge < -0.3 is 5.73 Å². The summed E-state index contributed by atoms with van der Waals surface area (Å²) in [6, 6.07) is 0. The Morgan fingerprint density at radius 2 is 1.62 bits per heavy atom. The first-order valence-corrected chi connectivity index (χ1v) is 10.4. The third-order valence-electron chi connectivity index (χ3n) is 5.11. The number of nitrogens with one attached hydrogen (secondary N) is 1. The molecule has 0 amide bonds. The molecular weight excluding hydrogens is 296 g/mol. The molecule has 2 aliphatic rings. The quantitative estimate of drug-likeness (QED) is 0.794. The Bertz CT molecular complexity index is 389. The molecule has 24 heavy (non-hydrogen) atoms. The van der Waals surface area contributed by atoms with Crippen LogP contribution in [0.15, 0.2) is 16.8 Å². The Kier molecular flexibility index (Phi) is 10.1. The molecule has 3 N–H and O–H groups in total. The first-order chi connectivity index (χ1) is 11.9. The predicted molar refractivity (Wildman–Crippen MR) is 104 cm³/mol. The van der Waals surface area contributed by atoms with E-state index in [9.17, 15) is 0 Å². The first-order valence-electron chi connectivity index (χ1n) is 10.4. The first kappa shape index (κ1) is 19.5. The van der Waals surface area contributed by atoms with Crippen molar-refractivity contribution in [3.8, 4) is 0 Å². The molecule has 0 aromatic carbocycles. The number of nitrogens with two attached hydrogens (primary N) is 1. The normalized spacial score (nSPS) is 26.8. The molecule has 0 aromatic rings. The van der Waals surface area contributed by atoms with E-state index in [0.29, 0.717) is 0 Å². The van der Waals surface area contributed by atoms with Crippen molar-refractivity contribution in [1.82, 2.24) is 10.5 Å². The van der Waals surface area contributed by atoms with Gasteiger partial charge in [-0.15, -0.1) is 0 Å². The minimum atomic E-state index is 0.728. The monoisotopic (exact) mass is 334 g/mol. The van der Waals surface area contributed by atoms with Gasteiger partial charge in [0.15, 0.2) is 0 Å². The van der Waals surface area contributed by atoms with Gasteiger partial charge in [0.2, 0.25) is 0 Å². The molecule has 1 heterocycles. The number of rotatable bonds is 4. The average Bonchev–Trinajstić information content (AvgIpc) is 2.62. The molecule has 1 aliphatic heterocycles. The summed E-state index contributed by atoms with van der Waals surface area (Å²) in [5.74, 6) is 0. The maximum Gasteiger partial charge on any atom is 0.0649 e. The van der Waals surface area contributed by atoms with E-state index in [1.54, 1.807) is 0 Å². The summed E-state index contributed by atoms with van der Waals surface area (Å²) in [5.41, 5.74) is 12.1. The van der Waals surface area contributed by atoms with Gasteiger partial charge in [-0.3, -0.25) is 0 Å². The molecule has 0 atom stereocenters. The summed E-state index contributed by atoms with van der Waals surface area (Å²) in [6.45, 7) is 2.67. The fourth-order valence-corrected chi connectivity index (χ4v) is 3.61. The Morgan fingerprint density at radius 3 is 2.46 bits per heavy atom. The SMILES string of the molecule is NCCCN1/N=C(/C2=C/CCCCCCCC2)CCCCCCN1. The lowest BCUT2D eigenvalue weighted by Gasteiger charge is -2.24. The molecule has 2 rings (SSSR count). The van der Waals surface area contributed by atoms with Gasteiger partial charge in [-0.05, 0) is 63.5 Å². The van der Waals surface area contributed by atoms with Crippen LogP contribution in [0.5, 0.6) is 0 Å². The molecule has 0 spiro atoms. The van der Waals surface area contributed by atoms with Crippen LogP contribution in [0.3, 0.4) is 0 Å². The Hall–Kier alpha value is -0.870. The minimum Gasteiger partial charge on any atom is -0.330 e. The number of hydrogen-bond donors (Lipinski definition) is 2. The standard InChI is InChI=1S/C20H38N4/c21-16-12-18-24-22-17-11-7-6-10-15-20(23-24)19-13-8-4-2-1-3-5-9-14-19/h13,22H,1-12,14-18,21H2/b19-13+,23-20+. The van der Waals surface area contributed by atoms with E-state index in [-0.39, 0.29) is 0 Å². The lowest BCUT2D eigenvalue weighted by molar-refractivity contribution is 0.191. The predicted octanol–water partition coefficient (Wildman–Crippen LogP) is 4.52. The lowest BCUT2D eigenvalue weighted by atomic mass is 9.95. The second kappa shape index (κ2) is 12.5. The van der Waals surface area contributed by atoms with E-state index in [0.717, 1.165) is 32.5 Å². The highest BCUT2D eigenvalue weighted by molar-refractivity contribution is 5.99. The smallest absolute Gasteiger partial charge is 0.0649 e. The van der Waals surface area contributed by atoms with Crippen molar-refractivity contribution in [3.05, 3.63) is 11.6 Å². The molecule has 4 heteroatoms. The van der Waals surface area contributed by atoms with E-state index in [1.165, 1.54) is 88.3 Å². The van der Waals surface area contributed by atoms with Gasteiger partial charge in [-0.25, -0.2) is 10.5 Å². The van der Waals surface area contributed by atoms with Crippen LogP contribution >= 0.6 is 0 Å². The highest BCUT2D eigenvalue weighted by atomic mass is 15.7. The van der Waals surface area contributed by atoms with Crippen LogP contribution in [0, 0.1) is 0 Å². The van der Waals surface area contributed by atoms with E-state index in [4.69, 9.17) is 10.8 Å². The lowest BCUT2D eigenvalue weighted by Crippen LogP contribution is -2.37. The summed E-state index contributed by atoms with van der Waals surface area (Å²) < 4.78 is 0. The maximum absolute atomic E-state index is 5.70. The summed E-state index contributed by atoms with van der Waals surface area (Å²) in [4.78, 5) is 0. The van der Waals surface area contributed by atoms with Crippen molar-refractivity contribution in [3.63, 3.8) is 0 Å². The highest BCUT2D eigenvalue weighted by Crippen LogP contribution is 2.21. The third kappa shape index (κ3) is 7.80. The molecule has 0 radical (unpaired) electrons. The van der Waals surface area contributed by atoms with Crippen molar-refractivity contribution in [2.45, 2.75) is 89.9 Å². The van der Waals surface area contributed by atoms with Gasteiger partial charge >= 0.3 is 0 Å². The molecule has 0 bridgehead atoms. The largest absolute Gasteiger partial charge is 0.330 e. The fraction of sp³-hybridized carbons (Fsp3) is 0.850. The highest BCUT2D eigenvalue weighted by Gasteiger charge is 2.12. The molecule has 0 saturated carbocycles. The zero-order valence-corrected chi connectivity index (χ0v) is 15.6. The van der Waals surface area contributed by atoms with E-state index in [1.807, 2.05) is 0 Å². The number of hydrazone groups is 1. The molecule has 138 valence electrons. The number of nitrogens with zero attached hydrogens (tertiary/aromatic N) is 2. The summed E-state index contributed by atoms with van der Waals surface area (Å²) in [6.07, 6.45) is 20.5. The number of hydrogen-bond acceptors (Lipinski definition) is 4. The van der Waals surface area contributed by atoms with Gasteiger partial charge in [0.1, 0.15) is 0 Å². The van der Waals surface area contributed by atoms with Crippen LogP contribution in [0.2, 0.25) is 0 Å². The van der Waals surface area contributed by atoms with Crippen LogP contribution in [0.4, 0.5) is 0 Å². The van der Waals surface area contributed by atoms with Crippen LogP contribution in [-0.2, 0) is 0 Å². The van der Waals surface area contributed by atoms with Crippen LogP contribution in [-0.4, -0.2) is 30.5 Å². The zero-order valence-electron chi connectivity index (χ0n) is 15.6.